The second kappa shape index (κ2) is 9.05. The molecule has 0 fully saturated rings. The lowest BCUT2D eigenvalue weighted by molar-refractivity contribution is 0.424. The average molecular weight is 473 g/mol. The number of nitrogens with one attached hydrogen (secondary N) is 1. The lowest BCUT2D eigenvalue weighted by Gasteiger charge is -2.38. The Bertz CT molecular complexity index is 1300. The predicted molar refractivity (Wildman–Crippen MR) is 138 cm³/mol. The van der Waals surface area contributed by atoms with E-state index in [-0.39, 0.29) is 12.0 Å². The summed E-state index contributed by atoms with van der Waals surface area (Å²) >= 11 is 0. The minimum absolute atomic E-state index is 0.205. The van der Waals surface area contributed by atoms with Crippen molar-refractivity contribution in [1.82, 2.24) is 4.31 Å². The highest BCUT2D eigenvalue weighted by atomic mass is 32.2. The number of sulfonamides is 1. The average Bonchev–Trinajstić information content (AvgIpc) is 3.34. The first kappa shape index (κ1) is 22.9. The topological polar surface area (TPSA) is 49.4 Å². The van der Waals surface area contributed by atoms with Crippen molar-refractivity contribution < 1.29 is 8.42 Å². The Kier molecular flexibility index (Phi) is 6.09. The molecule has 5 rings (SSSR count). The van der Waals surface area contributed by atoms with Crippen LogP contribution in [0.15, 0.2) is 89.8 Å². The van der Waals surface area contributed by atoms with Gasteiger partial charge in [0.05, 0.1) is 10.9 Å². The summed E-state index contributed by atoms with van der Waals surface area (Å²) in [5, 5.41) is 3.73. The minimum Gasteiger partial charge on any atom is -0.378 e. The van der Waals surface area contributed by atoms with Crippen LogP contribution in [0.1, 0.15) is 60.4 Å². The van der Waals surface area contributed by atoms with E-state index in [1.165, 1.54) is 15.4 Å². The maximum absolute atomic E-state index is 13.4. The van der Waals surface area contributed by atoms with Crippen molar-refractivity contribution in [2.75, 3.05) is 12.4 Å². The second-order valence-electron chi connectivity index (χ2n) is 9.79. The molecule has 4 nitrogen and oxygen atoms in total. The van der Waals surface area contributed by atoms with Gasteiger partial charge in [0.25, 0.3) is 0 Å². The molecule has 3 atom stereocenters. The molecule has 3 aromatic rings. The van der Waals surface area contributed by atoms with Gasteiger partial charge in [0.15, 0.2) is 0 Å². The summed E-state index contributed by atoms with van der Waals surface area (Å²) in [5.41, 5.74) is 5.69. The van der Waals surface area contributed by atoms with Gasteiger partial charge in [-0.05, 0) is 58.7 Å². The zero-order valence-electron chi connectivity index (χ0n) is 20.0. The van der Waals surface area contributed by atoms with Gasteiger partial charge in [-0.15, -0.1) is 0 Å². The van der Waals surface area contributed by atoms with Crippen molar-refractivity contribution in [2.45, 2.75) is 49.6 Å². The first-order valence-electron chi connectivity index (χ1n) is 12.0. The molecule has 3 unspecified atom stereocenters. The number of nitrogens with zero attached hydrogens (tertiary/aromatic N) is 1. The third kappa shape index (κ3) is 4.19. The normalized spacial score (nSPS) is 21.4. The number of allylic oxidation sites excluding steroid dienone is 2. The molecular weight excluding hydrogens is 440 g/mol. The predicted octanol–water partition coefficient (Wildman–Crippen LogP) is 6.46. The van der Waals surface area contributed by atoms with Crippen LogP contribution in [0, 0.1) is 5.92 Å². The summed E-state index contributed by atoms with van der Waals surface area (Å²) in [4.78, 5) is 0.352. The summed E-state index contributed by atoms with van der Waals surface area (Å²) in [5.74, 6) is 1.09. The molecule has 176 valence electrons. The van der Waals surface area contributed by atoms with E-state index in [1.54, 1.807) is 13.1 Å². The Balaban J connectivity index is 1.44. The highest BCUT2D eigenvalue weighted by molar-refractivity contribution is 7.89. The van der Waals surface area contributed by atoms with Gasteiger partial charge in [-0.2, -0.15) is 4.31 Å². The zero-order valence-corrected chi connectivity index (χ0v) is 20.8. The van der Waals surface area contributed by atoms with Gasteiger partial charge >= 0.3 is 0 Å². The van der Waals surface area contributed by atoms with E-state index in [0.717, 1.165) is 23.2 Å². The van der Waals surface area contributed by atoms with Crippen LogP contribution in [0.25, 0.3) is 0 Å². The molecule has 0 spiro atoms. The van der Waals surface area contributed by atoms with E-state index in [1.807, 2.05) is 42.5 Å². The minimum atomic E-state index is -3.60. The maximum Gasteiger partial charge on any atom is 0.243 e. The summed E-state index contributed by atoms with van der Waals surface area (Å²) in [7, 11) is -1.95. The molecule has 0 saturated heterocycles. The molecule has 0 aromatic heterocycles. The third-order valence-electron chi connectivity index (χ3n) is 7.25. The summed E-state index contributed by atoms with van der Waals surface area (Å²) in [6, 6.07) is 24.4. The number of rotatable bonds is 6. The smallest absolute Gasteiger partial charge is 0.243 e. The van der Waals surface area contributed by atoms with Crippen LogP contribution < -0.4 is 5.32 Å². The van der Waals surface area contributed by atoms with Crippen LogP contribution in [0.2, 0.25) is 0 Å². The van der Waals surface area contributed by atoms with Gasteiger partial charge in [0.1, 0.15) is 0 Å². The van der Waals surface area contributed by atoms with E-state index in [4.69, 9.17) is 0 Å². The van der Waals surface area contributed by atoms with Crippen molar-refractivity contribution in [1.29, 1.82) is 0 Å². The van der Waals surface area contributed by atoms with Gasteiger partial charge in [-0.3, -0.25) is 0 Å². The fraction of sp³-hybridized carbons (Fsp3) is 0.310. The molecule has 1 heterocycles. The van der Waals surface area contributed by atoms with Gasteiger partial charge < -0.3 is 5.32 Å². The number of hydrogen-bond donors (Lipinski definition) is 1. The van der Waals surface area contributed by atoms with Gasteiger partial charge in [0, 0.05) is 25.2 Å². The quantitative estimate of drug-likeness (QED) is 0.419. The van der Waals surface area contributed by atoms with Crippen molar-refractivity contribution in [3.63, 3.8) is 0 Å². The number of anilines is 1. The summed E-state index contributed by atoms with van der Waals surface area (Å²) in [6.07, 6.45) is 5.48. The number of benzene rings is 3. The molecule has 0 amide bonds. The first-order valence-corrected chi connectivity index (χ1v) is 13.5. The van der Waals surface area contributed by atoms with Crippen LogP contribution in [-0.4, -0.2) is 19.8 Å². The Hall–Kier alpha value is -2.89. The van der Waals surface area contributed by atoms with Crippen LogP contribution in [0.3, 0.4) is 0 Å². The second-order valence-corrected chi connectivity index (χ2v) is 11.8. The van der Waals surface area contributed by atoms with E-state index < -0.39 is 10.0 Å². The maximum atomic E-state index is 13.4. The SMILES string of the molecule is CC(C)c1ccc(C2Nc3ccc(S(=O)(=O)N(C)Cc4ccccc4)cc3C3C=CCC32)cc1. The van der Waals surface area contributed by atoms with E-state index in [0.29, 0.717) is 23.3 Å². The van der Waals surface area contributed by atoms with E-state index in [9.17, 15) is 8.42 Å². The fourth-order valence-electron chi connectivity index (χ4n) is 5.26. The molecule has 3 aromatic carbocycles. The molecule has 5 heteroatoms. The van der Waals surface area contributed by atoms with Crippen LogP contribution in [0.4, 0.5) is 5.69 Å². The molecule has 1 aliphatic heterocycles. The Labute approximate surface area is 203 Å². The summed E-state index contributed by atoms with van der Waals surface area (Å²) in [6.45, 7) is 4.77. The molecule has 34 heavy (non-hydrogen) atoms. The standard InChI is InChI=1S/C29H32N2O2S/c1-20(2)22-12-14-23(15-13-22)29-26-11-7-10-25(26)27-18-24(16-17-28(27)30-29)34(32,33)31(3)19-21-8-5-4-6-9-21/h4-10,12-18,20,25-26,29-30H,11,19H2,1-3H3. The molecule has 0 radical (unpaired) electrons. The molecule has 1 N–H and O–H groups in total. The largest absolute Gasteiger partial charge is 0.378 e. The number of fused-ring (bicyclic) bond motifs is 3. The number of hydrogen-bond acceptors (Lipinski definition) is 3. The van der Waals surface area contributed by atoms with Crippen LogP contribution >= 0.6 is 0 Å². The molecular formula is C29H32N2O2S. The Morgan fingerprint density at radius 3 is 2.44 bits per heavy atom. The molecule has 0 bridgehead atoms. The van der Waals surface area contributed by atoms with Crippen LogP contribution in [0.5, 0.6) is 0 Å². The van der Waals surface area contributed by atoms with E-state index >= 15 is 0 Å². The van der Waals surface area contributed by atoms with Crippen molar-refractivity contribution >= 4 is 15.7 Å². The van der Waals surface area contributed by atoms with Crippen molar-refractivity contribution in [3.8, 4) is 0 Å². The lowest BCUT2D eigenvalue weighted by Crippen LogP contribution is -2.30. The molecule has 0 saturated carbocycles. The summed E-state index contributed by atoms with van der Waals surface area (Å²) < 4.78 is 28.2. The van der Waals surface area contributed by atoms with Crippen LogP contribution in [-0.2, 0) is 16.6 Å². The van der Waals surface area contributed by atoms with Crippen molar-refractivity contribution in [2.24, 2.45) is 5.92 Å². The highest BCUT2D eigenvalue weighted by Gasteiger charge is 2.38. The Morgan fingerprint density at radius 2 is 1.74 bits per heavy atom. The fourth-order valence-corrected chi connectivity index (χ4v) is 6.45. The molecule has 1 aliphatic carbocycles. The van der Waals surface area contributed by atoms with Crippen molar-refractivity contribution in [3.05, 3.63) is 107 Å². The van der Waals surface area contributed by atoms with E-state index in [2.05, 4.69) is 55.6 Å². The highest BCUT2D eigenvalue weighted by Crippen LogP contribution is 2.50. The monoisotopic (exact) mass is 472 g/mol. The third-order valence-corrected chi connectivity index (χ3v) is 9.05. The van der Waals surface area contributed by atoms with Gasteiger partial charge in [-0.25, -0.2) is 8.42 Å². The van der Waals surface area contributed by atoms with Gasteiger partial charge in [0.2, 0.25) is 10.0 Å². The first-order chi connectivity index (χ1) is 16.3. The zero-order chi connectivity index (χ0) is 23.9. The lowest BCUT2D eigenvalue weighted by atomic mass is 9.77. The Morgan fingerprint density at radius 1 is 1.00 bits per heavy atom. The van der Waals surface area contributed by atoms with Gasteiger partial charge in [-0.1, -0.05) is 80.6 Å². The molecule has 2 aliphatic rings.